The lowest BCUT2D eigenvalue weighted by atomic mass is 10.1. The minimum absolute atomic E-state index is 0.859. The van der Waals surface area contributed by atoms with Gasteiger partial charge in [0, 0.05) is 6.42 Å². The van der Waals surface area contributed by atoms with Crippen LogP contribution in [0.25, 0.3) is 0 Å². The number of rotatable bonds is 2. The molecule has 2 heteroatoms. The summed E-state index contributed by atoms with van der Waals surface area (Å²) in [5, 5.41) is 8.73. The number of aliphatic hydroxyl groups excluding tert-OH is 1. The fourth-order valence-corrected chi connectivity index (χ4v) is 0.761. The maximum Gasteiger partial charge on any atom is 0.110 e. The Morgan fingerprint density at radius 1 is 1.30 bits per heavy atom. The van der Waals surface area contributed by atoms with Gasteiger partial charge < -0.3 is 10.8 Å². The maximum atomic E-state index is 8.73. The molecule has 0 aliphatic carbocycles. The van der Waals surface area contributed by atoms with Gasteiger partial charge in [-0.3, -0.25) is 0 Å². The Morgan fingerprint density at radius 3 is 2.40 bits per heavy atom. The van der Waals surface area contributed by atoms with Crippen LogP contribution in [0.3, 0.4) is 0 Å². The first-order valence-electron chi connectivity index (χ1n) is 3.12. The van der Waals surface area contributed by atoms with Crippen molar-refractivity contribution in [3.8, 4) is 0 Å². The van der Waals surface area contributed by atoms with Crippen molar-refractivity contribution in [1.82, 2.24) is 0 Å². The smallest absolute Gasteiger partial charge is 0.110 e. The second kappa shape index (κ2) is 3.34. The van der Waals surface area contributed by atoms with E-state index >= 15 is 0 Å². The summed E-state index contributed by atoms with van der Waals surface area (Å²) in [6.45, 7) is 0. The number of hydrogen-bond donors (Lipinski definition) is 2. The molecule has 1 aromatic rings. The number of hydrogen-bond acceptors (Lipinski definition) is 2. The molecule has 0 fully saturated rings. The number of aliphatic hydroxyl groups is 1. The van der Waals surface area contributed by atoms with Gasteiger partial charge in [-0.2, -0.15) is 0 Å². The van der Waals surface area contributed by atoms with E-state index in [9.17, 15) is 0 Å². The molecule has 0 unspecified atom stereocenters. The average Bonchev–Trinajstić information content (AvgIpc) is 1.88. The van der Waals surface area contributed by atoms with E-state index in [0.717, 1.165) is 5.56 Å². The largest absolute Gasteiger partial charge is 0.378 e. The second-order valence-electron chi connectivity index (χ2n) is 2.07. The molecule has 1 atom stereocenters. The minimum atomic E-state index is -0.859. The lowest BCUT2D eigenvalue weighted by Crippen LogP contribution is -2.19. The molecule has 2 nitrogen and oxygen atoms in total. The van der Waals surface area contributed by atoms with E-state index in [1.54, 1.807) is 6.42 Å². The Hall–Kier alpha value is -0.860. The third-order valence-corrected chi connectivity index (χ3v) is 1.16. The topological polar surface area (TPSA) is 46.2 Å². The van der Waals surface area contributed by atoms with E-state index < -0.39 is 6.23 Å². The highest BCUT2D eigenvalue weighted by Gasteiger charge is 1.96. The molecule has 0 amide bonds. The molecule has 0 saturated heterocycles. The fraction of sp³-hybridized carbons (Fsp3) is 0.125. The maximum absolute atomic E-state index is 8.73. The molecule has 0 heterocycles. The molecule has 3 N–H and O–H groups in total. The van der Waals surface area contributed by atoms with Gasteiger partial charge in [-0.25, -0.2) is 0 Å². The third-order valence-electron chi connectivity index (χ3n) is 1.16. The van der Waals surface area contributed by atoms with Gasteiger partial charge >= 0.3 is 0 Å². The summed E-state index contributed by atoms with van der Waals surface area (Å²) in [5.74, 6) is 0. The predicted molar refractivity (Wildman–Crippen MR) is 40.0 cm³/mol. The summed E-state index contributed by atoms with van der Waals surface area (Å²) in [5.41, 5.74) is 6.07. The fourth-order valence-electron chi connectivity index (χ4n) is 0.761. The van der Waals surface area contributed by atoms with Crippen molar-refractivity contribution in [2.24, 2.45) is 5.73 Å². The molecule has 0 spiro atoms. The quantitative estimate of drug-likeness (QED) is 0.582. The molecule has 1 aromatic carbocycles. The van der Waals surface area contributed by atoms with Gasteiger partial charge in [0.1, 0.15) is 6.23 Å². The highest BCUT2D eigenvalue weighted by Crippen LogP contribution is 2.01. The van der Waals surface area contributed by atoms with Crippen LogP contribution in [0.15, 0.2) is 30.3 Å². The second-order valence-corrected chi connectivity index (χ2v) is 2.07. The highest BCUT2D eigenvalue weighted by atomic mass is 16.3. The summed E-state index contributed by atoms with van der Waals surface area (Å²) in [4.78, 5) is 0. The SMILES string of the molecule is N[C@@H](O)[CH]c1ccccc1. The van der Waals surface area contributed by atoms with Crippen LogP contribution in [0.5, 0.6) is 0 Å². The zero-order valence-corrected chi connectivity index (χ0v) is 5.57. The Bertz CT molecular complexity index is 184. The van der Waals surface area contributed by atoms with Crippen molar-refractivity contribution < 1.29 is 5.11 Å². The lowest BCUT2D eigenvalue weighted by Gasteiger charge is -2.01. The van der Waals surface area contributed by atoms with Crippen molar-refractivity contribution in [3.05, 3.63) is 42.3 Å². The monoisotopic (exact) mass is 136 g/mol. The van der Waals surface area contributed by atoms with Gasteiger partial charge in [-0.1, -0.05) is 30.3 Å². The van der Waals surface area contributed by atoms with Crippen LogP contribution in [0.4, 0.5) is 0 Å². The Kier molecular flexibility index (Phi) is 2.42. The standard InChI is InChI=1S/C8H10NO/c9-8(10)6-7-4-2-1-3-5-7/h1-6,8,10H,9H2/t8-/m0/s1. The van der Waals surface area contributed by atoms with Crippen LogP contribution in [0, 0.1) is 6.42 Å². The zero-order valence-electron chi connectivity index (χ0n) is 5.57. The first kappa shape index (κ1) is 7.25. The van der Waals surface area contributed by atoms with Crippen LogP contribution in [0.2, 0.25) is 0 Å². The van der Waals surface area contributed by atoms with Crippen LogP contribution in [0.1, 0.15) is 5.56 Å². The molecule has 0 bridgehead atoms. The number of nitrogens with two attached hydrogens (primary N) is 1. The highest BCUT2D eigenvalue weighted by molar-refractivity contribution is 5.23. The van der Waals surface area contributed by atoms with Crippen LogP contribution < -0.4 is 5.73 Å². The Labute approximate surface area is 60.3 Å². The first-order chi connectivity index (χ1) is 4.79. The molecule has 1 radical (unpaired) electrons. The lowest BCUT2D eigenvalue weighted by molar-refractivity contribution is 0.218. The summed E-state index contributed by atoms with van der Waals surface area (Å²) in [7, 11) is 0. The van der Waals surface area contributed by atoms with Crippen LogP contribution in [-0.4, -0.2) is 11.3 Å². The number of benzene rings is 1. The molecule has 0 aliphatic rings. The molecular weight excluding hydrogens is 126 g/mol. The molecule has 0 saturated carbocycles. The van der Waals surface area contributed by atoms with Crippen molar-refractivity contribution in [1.29, 1.82) is 0 Å². The van der Waals surface area contributed by atoms with Gasteiger partial charge in [0.2, 0.25) is 0 Å². The van der Waals surface area contributed by atoms with E-state index in [1.165, 1.54) is 0 Å². The van der Waals surface area contributed by atoms with Crippen LogP contribution >= 0.6 is 0 Å². The van der Waals surface area contributed by atoms with E-state index in [1.807, 2.05) is 30.3 Å². The van der Waals surface area contributed by atoms with Crippen LogP contribution in [-0.2, 0) is 0 Å². The van der Waals surface area contributed by atoms with E-state index in [-0.39, 0.29) is 0 Å². The normalized spacial score (nSPS) is 13.0. The van der Waals surface area contributed by atoms with Gasteiger partial charge in [-0.05, 0) is 5.56 Å². The molecular formula is C8H10NO. The van der Waals surface area contributed by atoms with E-state index in [4.69, 9.17) is 10.8 Å². The summed E-state index contributed by atoms with van der Waals surface area (Å²) in [6, 6.07) is 9.48. The molecule has 53 valence electrons. The van der Waals surface area contributed by atoms with Crippen molar-refractivity contribution in [2.45, 2.75) is 6.23 Å². The molecule has 1 rings (SSSR count). The summed E-state index contributed by atoms with van der Waals surface area (Å²) in [6.07, 6.45) is 0.724. The minimum Gasteiger partial charge on any atom is -0.378 e. The van der Waals surface area contributed by atoms with Gasteiger partial charge in [0.05, 0.1) is 0 Å². The molecule has 0 aliphatic heterocycles. The van der Waals surface area contributed by atoms with Crippen molar-refractivity contribution in [3.63, 3.8) is 0 Å². The predicted octanol–water partition coefficient (Wildman–Crippen LogP) is 0.516. The molecule has 10 heavy (non-hydrogen) atoms. The Morgan fingerprint density at radius 2 is 1.90 bits per heavy atom. The third kappa shape index (κ3) is 2.17. The Balaban J connectivity index is 2.59. The summed E-state index contributed by atoms with van der Waals surface area (Å²) >= 11 is 0. The van der Waals surface area contributed by atoms with E-state index in [2.05, 4.69) is 0 Å². The summed E-state index contributed by atoms with van der Waals surface area (Å²) < 4.78 is 0. The van der Waals surface area contributed by atoms with E-state index in [0.29, 0.717) is 0 Å². The van der Waals surface area contributed by atoms with Crippen molar-refractivity contribution in [2.75, 3.05) is 0 Å². The van der Waals surface area contributed by atoms with Gasteiger partial charge in [0.15, 0.2) is 0 Å². The van der Waals surface area contributed by atoms with Gasteiger partial charge in [-0.15, -0.1) is 0 Å². The van der Waals surface area contributed by atoms with Gasteiger partial charge in [0.25, 0.3) is 0 Å². The first-order valence-corrected chi connectivity index (χ1v) is 3.12. The average molecular weight is 136 g/mol. The zero-order chi connectivity index (χ0) is 7.40. The van der Waals surface area contributed by atoms with Crippen molar-refractivity contribution >= 4 is 0 Å². The molecule has 0 aromatic heterocycles.